The van der Waals surface area contributed by atoms with E-state index < -0.39 is 10.1 Å². The largest absolute Gasteiger partial charge is 0.492 e. The summed E-state index contributed by atoms with van der Waals surface area (Å²) in [4.78, 5) is 3.76. The minimum atomic E-state index is -3.97. The first kappa shape index (κ1) is 14.6. The van der Waals surface area contributed by atoms with Gasteiger partial charge < -0.3 is 8.92 Å². The van der Waals surface area contributed by atoms with Gasteiger partial charge in [-0.3, -0.25) is 0 Å². The third-order valence-electron chi connectivity index (χ3n) is 2.32. The average Bonchev–Trinajstić information content (AvgIpc) is 2.42. The Morgan fingerprint density at radius 1 is 1.25 bits per heavy atom. The highest BCUT2D eigenvalue weighted by atomic mass is 35.5. The van der Waals surface area contributed by atoms with Gasteiger partial charge in [0.1, 0.15) is 10.6 Å². The van der Waals surface area contributed by atoms with Crippen LogP contribution in [0.3, 0.4) is 0 Å². The van der Waals surface area contributed by atoms with Gasteiger partial charge in [-0.15, -0.1) is 0 Å². The maximum absolute atomic E-state index is 12.1. The van der Waals surface area contributed by atoms with E-state index in [1.807, 2.05) is 0 Å². The number of pyridine rings is 1. The lowest BCUT2D eigenvalue weighted by Gasteiger charge is -2.09. The van der Waals surface area contributed by atoms with Crippen molar-refractivity contribution >= 4 is 21.7 Å². The lowest BCUT2D eigenvalue weighted by molar-refractivity contribution is 0.339. The Morgan fingerprint density at radius 2 is 2.05 bits per heavy atom. The van der Waals surface area contributed by atoms with Crippen LogP contribution in [0.15, 0.2) is 47.5 Å². The van der Waals surface area contributed by atoms with Gasteiger partial charge >= 0.3 is 10.1 Å². The smallest absolute Gasteiger partial charge is 0.340 e. The number of hydrogen-bond acceptors (Lipinski definition) is 5. The van der Waals surface area contributed by atoms with E-state index in [9.17, 15) is 8.42 Å². The number of benzene rings is 1. The maximum atomic E-state index is 12.1. The summed E-state index contributed by atoms with van der Waals surface area (Å²) in [5, 5.41) is 0.337. The summed E-state index contributed by atoms with van der Waals surface area (Å²) in [5.41, 5.74) is 0. The fourth-order valence-corrected chi connectivity index (χ4v) is 2.54. The predicted octanol–water partition coefficient (Wildman–Crippen LogP) is 2.90. The number of hydrogen-bond donors (Lipinski definition) is 0. The average molecular weight is 314 g/mol. The molecule has 5 nitrogen and oxygen atoms in total. The SMILES string of the molecule is CCOc1cc(S(=O)(=O)Oc2ccccn2)ccc1Cl. The standard InChI is InChI=1S/C13H12ClNO4S/c1-2-18-12-9-10(6-7-11(12)14)20(16,17)19-13-5-3-4-8-15-13/h3-9H,2H2,1H3. The molecular weight excluding hydrogens is 302 g/mol. The lowest BCUT2D eigenvalue weighted by Crippen LogP contribution is -2.10. The van der Waals surface area contributed by atoms with Crippen LogP contribution in [0.5, 0.6) is 11.6 Å². The Labute approximate surface area is 122 Å². The molecule has 0 aliphatic heterocycles. The van der Waals surface area contributed by atoms with Gasteiger partial charge in [0, 0.05) is 18.3 Å². The van der Waals surface area contributed by atoms with Crippen molar-refractivity contribution < 1.29 is 17.3 Å². The van der Waals surface area contributed by atoms with Crippen LogP contribution >= 0.6 is 11.6 Å². The van der Waals surface area contributed by atoms with Crippen LogP contribution in [0.4, 0.5) is 0 Å². The van der Waals surface area contributed by atoms with Gasteiger partial charge in [0.05, 0.1) is 11.6 Å². The highest BCUT2D eigenvalue weighted by molar-refractivity contribution is 7.87. The Balaban J connectivity index is 2.32. The molecule has 0 amide bonds. The summed E-state index contributed by atoms with van der Waals surface area (Å²) in [6, 6.07) is 8.87. The third kappa shape index (κ3) is 3.40. The lowest BCUT2D eigenvalue weighted by atomic mass is 10.3. The van der Waals surface area contributed by atoms with E-state index in [0.29, 0.717) is 17.4 Å². The topological polar surface area (TPSA) is 65.5 Å². The molecule has 1 heterocycles. The van der Waals surface area contributed by atoms with Crippen LogP contribution in [0, 0.1) is 0 Å². The molecule has 106 valence electrons. The van der Waals surface area contributed by atoms with Crippen LogP contribution in [-0.2, 0) is 10.1 Å². The molecule has 1 aromatic carbocycles. The molecule has 0 radical (unpaired) electrons. The summed E-state index contributed by atoms with van der Waals surface area (Å²) in [6.07, 6.45) is 1.44. The molecular formula is C13H12ClNO4S. The first-order chi connectivity index (χ1) is 9.53. The highest BCUT2D eigenvalue weighted by Gasteiger charge is 2.19. The molecule has 0 bridgehead atoms. The molecule has 0 spiro atoms. The molecule has 0 saturated carbocycles. The maximum Gasteiger partial charge on any atom is 0.340 e. The Kier molecular flexibility index (Phi) is 4.46. The van der Waals surface area contributed by atoms with E-state index in [1.165, 1.54) is 30.5 Å². The molecule has 0 N–H and O–H groups in total. The van der Waals surface area contributed by atoms with Crippen molar-refractivity contribution in [3.8, 4) is 11.6 Å². The molecule has 1 aromatic heterocycles. The quantitative estimate of drug-likeness (QED) is 0.794. The molecule has 0 saturated heterocycles. The summed E-state index contributed by atoms with van der Waals surface area (Å²) in [6.45, 7) is 2.16. The highest BCUT2D eigenvalue weighted by Crippen LogP contribution is 2.28. The van der Waals surface area contributed by atoms with Crippen LogP contribution in [-0.4, -0.2) is 20.0 Å². The number of ether oxygens (including phenoxy) is 1. The number of nitrogens with zero attached hydrogens (tertiary/aromatic N) is 1. The van der Waals surface area contributed by atoms with Gasteiger partial charge in [-0.2, -0.15) is 8.42 Å². The van der Waals surface area contributed by atoms with Crippen molar-refractivity contribution in [3.05, 3.63) is 47.6 Å². The van der Waals surface area contributed by atoms with Gasteiger partial charge in [-0.1, -0.05) is 17.7 Å². The Bertz CT molecular complexity index is 689. The minimum absolute atomic E-state index is 0.000380. The van der Waals surface area contributed by atoms with Gasteiger partial charge in [-0.05, 0) is 25.1 Å². The first-order valence-electron chi connectivity index (χ1n) is 5.81. The third-order valence-corrected chi connectivity index (χ3v) is 3.86. The van der Waals surface area contributed by atoms with Crippen LogP contribution in [0.1, 0.15) is 6.92 Å². The first-order valence-corrected chi connectivity index (χ1v) is 7.59. The van der Waals surface area contributed by atoms with Crippen molar-refractivity contribution in [2.45, 2.75) is 11.8 Å². The van der Waals surface area contributed by atoms with Crippen molar-refractivity contribution in [3.63, 3.8) is 0 Å². The monoisotopic (exact) mass is 313 g/mol. The zero-order chi connectivity index (χ0) is 14.6. The summed E-state index contributed by atoms with van der Waals surface area (Å²) < 4.78 is 34.4. The Morgan fingerprint density at radius 3 is 2.70 bits per heavy atom. The molecule has 2 aromatic rings. The second-order valence-corrected chi connectivity index (χ2v) is 5.68. The zero-order valence-corrected chi connectivity index (χ0v) is 12.2. The minimum Gasteiger partial charge on any atom is -0.492 e. The fraction of sp³-hybridized carbons (Fsp3) is 0.154. The van der Waals surface area contributed by atoms with Crippen molar-refractivity contribution in [1.29, 1.82) is 0 Å². The van der Waals surface area contributed by atoms with E-state index in [-0.39, 0.29) is 10.8 Å². The van der Waals surface area contributed by atoms with E-state index in [1.54, 1.807) is 19.1 Å². The fourth-order valence-electron chi connectivity index (χ4n) is 1.46. The summed E-state index contributed by atoms with van der Waals surface area (Å²) >= 11 is 5.91. The van der Waals surface area contributed by atoms with Gasteiger partial charge in [-0.25, -0.2) is 4.98 Å². The van der Waals surface area contributed by atoms with Crippen molar-refractivity contribution in [2.24, 2.45) is 0 Å². The van der Waals surface area contributed by atoms with Crippen molar-refractivity contribution in [2.75, 3.05) is 6.61 Å². The van der Waals surface area contributed by atoms with E-state index in [2.05, 4.69) is 4.98 Å². The van der Waals surface area contributed by atoms with E-state index >= 15 is 0 Å². The van der Waals surface area contributed by atoms with Gasteiger partial charge in [0.15, 0.2) is 0 Å². The van der Waals surface area contributed by atoms with Crippen molar-refractivity contribution in [1.82, 2.24) is 4.98 Å². The molecule has 20 heavy (non-hydrogen) atoms. The van der Waals surface area contributed by atoms with Crippen LogP contribution in [0.2, 0.25) is 5.02 Å². The van der Waals surface area contributed by atoms with Crippen LogP contribution in [0.25, 0.3) is 0 Å². The summed E-state index contributed by atoms with van der Waals surface area (Å²) in [7, 11) is -3.97. The molecule has 7 heteroatoms. The van der Waals surface area contributed by atoms with Crippen LogP contribution < -0.4 is 8.92 Å². The van der Waals surface area contributed by atoms with Gasteiger partial charge in [0.2, 0.25) is 5.88 Å². The molecule has 0 unspecified atom stereocenters. The molecule has 2 rings (SSSR count). The zero-order valence-electron chi connectivity index (χ0n) is 10.6. The van der Waals surface area contributed by atoms with E-state index in [4.69, 9.17) is 20.5 Å². The number of aromatic nitrogens is 1. The van der Waals surface area contributed by atoms with Gasteiger partial charge in [0.25, 0.3) is 0 Å². The predicted molar refractivity (Wildman–Crippen MR) is 74.7 cm³/mol. The normalized spacial score (nSPS) is 11.1. The second-order valence-electron chi connectivity index (χ2n) is 3.73. The molecule has 0 atom stereocenters. The molecule has 0 aliphatic carbocycles. The number of rotatable bonds is 5. The number of halogens is 1. The Hall–Kier alpha value is -1.79. The second kappa shape index (κ2) is 6.11. The molecule has 0 fully saturated rings. The van der Waals surface area contributed by atoms with E-state index in [0.717, 1.165) is 0 Å². The summed E-state index contributed by atoms with van der Waals surface area (Å²) in [5.74, 6) is 0.292. The molecule has 0 aliphatic rings.